The van der Waals surface area contributed by atoms with Crippen molar-refractivity contribution in [1.82, 2.24) is 24.8 Å². The number of benzene rings is 2. The smallest absolute Gasteiger partial charge is 0.348 e. The van der Waals surface area contributed by atoms with Crippen LogP contribution in [0.15, 0.2) is 47.3 Å². The van der Waals surface area contributed by atoms with Gasteiger partial charge in [-0.15, -0.1) is 0 Å². The highest BCUT2D eigenvalue weighted by molar-refractivity contribution is 5.92. The minimum Gasteiger partial charge on any atom is -0.496 e. The van der Waals surface area contributed by atoms with Crippen LogP contribution in [0.4, 0.5) is 0 Å². The van der Waals surface area contributed by atoms with Gasteiger partial charge in [0.25, 0.3) is 0 Å². The number of nitrogens with zero attached hydrogens (tertiary/aromatic N) is 3. The van der Waals surface area contributed by atoms with Gasteiger partial charge in [-0.2, -0.15) is 5.10 Å². The monoisotopic (exact) mass is 405 g/mol. The number of aromatic nitrogens is 3. The molecule has 0 unspecified atom stereocenters. The molecular formula is C23H27N5O2. The van der Waals surface area contributed by atoms with Crippen LogP contribution >= 0.6 is 0 Å². The number of H-pyrrole nitrogens is 1. The number of pyridine rings is 1. The van der Waals surface area contributed by atoms with Gasteiger partial charge in [0.05, 0.1) is 12.6 Å². The molecule has 7 nitrogen and oxygen atoms in total. The largest absolute Gasteiger partial charge is 0.496 e. The van der Waals surface area contributed by atoms with Crippen molar-refractivity contribution in [1.29, 1.82) is 0 Å². The summed E-state index contributed by atoms with van der Waals surface area (Å²) in [6.07, 6.45) is 0. The number of nitrogens with one attached hydrogen (secondary N) is 2. The summed E-state index contributed by atoms with van der Waals surface area (Å²) in [5.74, 6) is 0.780. The molecule has 0 spiro atoms. The summed E-state index contributed by atoms with van der Waals surface area (Å²) < 4.78 is 7.34. The molecule has 2 heterocycles. The van der Waals surface area contributed by atoms with E-state index >= 15 is 0 Å². The SMILES string of the molecule is CNCCN(C)Cc1cccc(-c2cc3c(cc2OC)c(C)cc2n[nH]c(=O)n23)c1. The molecule has 2 aromatic carbocycles. The van der Waals surface area contributed by atoms with Gasteiger partial charge in [-0.3, -0.25) is 0 Å². The van der Waals surface area contributed by atoms with E-state index in [2.05, 4.69) is 51.7 Å². The maximum atomic E-state index is 12.4. The molecule has 0 fully saturated rings. The second-order valence-electron chi connectivity index (χ2n) is 7.66. The lowest BCUT2D eigenvalue weighted by Gasteiger charge is -2.18. The fourth-order valence-corrected chi connectivity index (χ4v) is 3.90. The van der Waals surface area contributed by atoms with Crippen LogP contribution in [0.3, 0.4) is 0 Å². The third-order valence-corrected chi connectivity index (χ3v) is 5.46. The average Bonchev–Trinajstić information content (AvgIpc) is 3.12. The molecule has 0 atom stereocenters. The Bertz CT molecular complexity index is 1260. The molecule has 0 amide bonds. The Labute approximate surface area is 175 Å². The van der Waals surface area contributed by atoms with Gasteiger partial charge in [0.1, 0.15) is 5.75 Å². The van der Waals surface area contributed by atoms with Crippen molar-refractivity contribution in [2.24, 2.45) is 0 Å². The van der Waals surface area contributed by atoms with E-state index < -0.39 is 0 Å². The Hall–Kier alpha value is -3.16. The first kappa shape index (κ1) is 20.1. The molecule has 0 saturated heterocycles. The minimum atomic E-state index is -0.244. The van der Waals surface area contributed by atoms with Crippen molar-refractivity contribution < 1.29 is 4.74 Å². The van der Waals surface area contributed by atoms with Crippen LogP contribution < -0.4 is 15.7 Å². The summed E-state index contributed by atoms with van der Waals surface area (Å²) in [5.41, 5.74) is 5.46. The predicted molar refractivity (Wildman–Crippen MR) is 120 cm³/mol. The number of aromatic amines is 1. The summed E-state index contributed by atoms with van der Waals surface area (Å²) in [6, 6.07) is 14.4. The van der Waals surface area contributed by atoms with E-state index in [9.17, 15) is 4.79 Å². The zero-order valence-corrected chi connectivity index (χ0v) is 17.8. The van der Waals surface area contributed by atoms with Crippen LogP contribution in [0.1, 0.15) is 11.1 Å². The Kier molecular flexibility index (Phi) is 5.57. The lowest BCUT2D eigenvalue weighted by Crippen LogP contribution is -2.26. The van der Waals surface area contributed by atoms with E-state index in [1.54, 1.807) is 11.5 Å². The summed E-state index contributed by atoms with van der Waals surface area (Å²) in [7, 11) is 5.76. The fourth-order valence-electron chi connectivity index (χ4n) is 3.90. The van der Waals surface area contributed by atoms with Crippen molar-refractivity contribution in [2.45, 2.75) is 13.5 Å². The van der Waals surface area contributed by atoms with Gasteiger partial charge >= 0.3 is 5.69 Å². The van der Waals surface area contributed by atoms with Crippen molar-refractivity contribution in [3.63, 3.8) is 0 Å². The molecule has 0 aliphatic carbocycles. The van der Waals surface area contributed by atoms with E-state index in [4.69, 9.17) is 4.74 Å². The summed E-state index contributed by atoms with van der Waals surface area (Å²) in [5, 5.41) is 10.8. The number of hydrogen-bond donors (Lipinski definition) is 2. The minimum absolute atomic E-state index is 0.244. The molecule has 0 saturated carbocycles. The molecule has 0 radical (unpaired) electrons. The second-order valence-corrected chi connectivity index (χ2v) is 7.66. The van der Waals surface area contributed by atoms with Gasteiger partial charge in [0, 0.05) is 30.6 Å². The lowest BCUT2D eigenvalue weighted by atomic mass is 9.98. The highest BCUT2D eigenvalue weighted by Gasteiger charge is 2.14. The van der Waals surface area contributed by atoms with Gasteiger partial charge in [-0.1, -0.05) is 18.2 Å². The highest BCUT2D eigenvalue weighted by atomic mass is 16.5. The van der Waals surface area contributed by atoms with Crippen LogP contribution in [0.5, 0.6) is 5.75 Å². The summed E-state index contributed by atoms with van der Waals surface area (Å²) in [6.45, 7) is 4.79. The van der Waals surface area contributed by atoms with E-state index in [1.165, 1.54) is 5.56 Å². The molecule has 0 bridgehead atoms. The molecule has 156 valence electrons. The molecule has 30 heavy (non-hydrogen) atoms. The third kappa shape index (κ3) is 3.69. The maximum absolute atomic E-state index is 12.4. The van der Waals surface area contributed by atoms with Crippen molar-refractivity contribution >= 4 is 16.6 Å². The van der Waals surface area contributed by atoms with Gasteiger partial charge in [-0.05, 0) is 62.0 Å². The van der Waals surface area contributed by atoms with Crippen molar-refractivity contribution in [3.8, 4) is 16.9 Å². The Morgan fingerprint density at radius 3 is 2.83 bits per heavy atom. The summed E-state index contributed by atoms with van der Waals surface area (Å²) in [4.78, 5) is 14.7. The van der Waals surface area contributed by atoms with Crippen LogP contribution in [0.2, 0.25) is 0 Å². The normalized spacial score (nSPS) is 11.6. The second kappa shape index (κ2) is 8.30. The van der Waals surface area contributed by atoms with Crippen LogP contribution in [0.25, 0.3) is 27.7 Å². The number of fused-ring (bicyclic) bond motifs is 3. The van der Waals surface area contributed by atoms with E-state index in [-0.39, 0.29) is 5.69 Å². The highest BCUT2D eigenvalue weighted by Crippen LogP contribution is 2.35. The zero-order chi connectivity index (χ0) is 21.3. The molecule has 2 N–H and O–H groups in total. The first-order valence-electron chi connectivity index (χ1n) is 10.0. The van der Waals surface area contributed by atoms with Crippen LogP contribution in [-0.4, -0.2) is 53.8 Å². The first-order chi connectivity index (χ1) is 14.5. The molecule has 4 aromatic rings. The van der Waals surface area contributed by atoms with E-state index in [0.717, 1.165) is 53.0 Å². The Morgan fingerprint density at radius 1 is 1.23 bits per heavy atom. The Balaban J connectivity index is 1.84. The third-order valence-electron chi connectivity index (χ3n) is 5.46. The Morgan fingerprint density at radius 2 is 2.07 bits per heavy atom. The van der Waals surface area contributed by atoms with E-state index in [0.29, 0.717) is 5.65 Å². The van der Waals surface area contributed by atoms with Gasteiger partial charge in [-0.25, -0.2) is 14.3 Å². The number of aryl methyl sites for hydroxylation is 1. The van der Waals surface area contributed by atoms with Crippen LogP contribution in [-0.2, 0) is 6.54 Å². The average molecular weight is 406 g/mol. The lowest BCUT2D eigenvalue weighted by molar-refractivity contribution is 0.328. The molecular weight excluding hydrogens is 378 g/mol. The number of ether oxygens (including phenoxy) is 1. The standard InChI is InChI=1S/C23H27N5O2/c1-15-10-22-25-26-23(29)28(22)20-12-19(21(30-4)13-18(15)20)17-7-5-6-16(11-17)14-27(3)9-8-24-2/h5-7,10-13,24H,8-9,14H2,1-4H3,(H,26,29). The van der Waals surface area contributed by atoms with E-state index in [1.807, 2.05) is 32.2 Å². The van der Waals surface area contributed by atoms with Gasteiger partial charge < -0.3 is 15.0 Å². The first-order valence-corrected chi connectivity index (χ1v) is 10.0. The molecule has 0 aliphatic rings. The molecule has 0 aliphatic heterocycles. The van der Waals surface area contributed by atoms with Gasteiger partial charge in [0.2, 0.25) is 0 Å². The fraction of sp³-hybridized carbons (Fsp3) is 0.304. The van der Waals surface area contributed by atoms with Crippen molar-refractivity contribution in [2.75, 3.05) is 34.3 Å². The molecule has 7 heteroatoms. The molecule has 2 aromatic heterocycles. The predicted octanol–water partition coefficient (Wildman–Crippen LogP) is 2.81. The maximum Gasteiger partial charge on any atom is 0.348 e. The zero-order valence-electron chi connectivity index (χ0n) is 17.8. The number of rotatable bonds is 7. The number of methoxy groups -OCH3 is 1. The quantitative estimate of drug-likeness (QED) is 0.495. The number of likely N-dealkylation sites (N-methyl/N-ethyl adjacent to an activating group) is 2. The van der Waals surface area contributed by atoms with Crippen molar-refractivity contribution in [3.05, 3.63) is 64.1 Å². The van der Waals surface area contributed by atoms with Gasteiger partial charge in [0.15, 0.2) is 5.65 Å². The molecule has 4 rings (SSSR count). The number of hydrogen-bond acceptors (Lipinski definition) is 5. The topological polar surface area (TPSA) is 74.7 Å². The summed E-state index contributed by atoms with van der Waals surface area (Å²) >= 11 is 0. The van der Waals surface area contributed by atoms with Crippen LogP contribution in [0, 0.1) is 6.92 Å².